The molecule has 7 heteroatoms. The van der Waals surface area contributed by atoms with Gasteiger partial charge in [0, 0.05) is 11.0 Å². The van der Waals surface area contributed by atoms with Crippen molar-refractivity contribution in [1.82, 2.24) is 0 Å². The Morgan fingerprint density at radius 1 is 0.969 bits per heavy atom. The summed E-state index contributed by atoms with van der Waals surface area (Å²) >= 11 is 3.52. The third-order valence-electron chi connectivity index (χ3n) is 4.70. The lowest BCUT2D eigenvalue weighted by Crippen LogP contribution is -2.19. The number of nitrogens with zero attached hydrogens (tertiary/aromatic N) is 2. The molecule has 0 aliphatic carbocycles. The van der Waals surface area contributed by atoms with E-state index in [1.807, 2.05) is 48.5 Å². The largest absolute Gasteiger partial charge is 0.497 e. The van der Waals surface area contributed by atoms with Crippen LogP contribution in [0.3, 0.4) is 0 Å². The van der Waals surface area contributed by atoms with Gasteiger partial charge in [0.05, 0.1) is 12.8 Å². The number of hydrogen-bond donors (Lipinski definition) is 2. The zero-order valence-electron chi connectivity index (χ0n) is 17.6. The first kappa shape index (κ1) is 22.9. The average molecular weight is 491 g/mol. The van der Waals surface area contributed by atoms with Crippen LogP contribution in [0.15, 0.2) is 87.8 Å². The maximum Gasteiger partial charge on any atom is 0.138 e. The molecular weight excluding hydrogens is 468 g/mol. The van der Waals surface area contributed by atoms with Gasteiger partial charge >= 0.3 is 0 Å². The van der Waals surface area contributed by atoms with E-state index in [0.717, 1.165) is 21.5 Å². The minimum absolute atomic E-state index is 0.105. The SMILES string of the molecule is COc1ccc(Br)c(CCN=C(N)C(C#N)=C(N)c2ccc(Oc3ccccc3)cc2)c1. The molecular formula is C25H23BrN4O2. The molecule has 6 nitrogen and oxygen atoms in total. The molecule has 0 radical (unpaired) electrons. The van der Waals surface area contributed by atoms with Gasteiger partial charge in [-0.05, 0) is 72.1 Å². The summed E-state index contributed by atoms with van der Waals surface area (Å²) in [6, 6.07) is 24.4. The molecule has 0 aliphatic rings. The van der Waals surface area contributed by atoms with E-state index in [9.17, 15) is 5.26 Å². The molecule has 0 heterocycles. The van der Waals surface area contributed by atoms with Crippen LogP contribution in [0.2, 0.25) is 0 Å². The van der Waals surface area contributed by atoms with Gasteiger partial charge in [-0.3, -0.25) is 4.99 Å². The molecule has 3 rings (SSSR count). The molecule has 0 bridgehead atoms. The number of para-hydroxylation sites is 1. The molecule has 0 fully saturated rings. The number of benzene rings is 3. The molecule has 0 spiro atoms. The fraction of sp³-hybridized carbons (Fsp3) is 0.120. The number of amidine groups is 1. The van der Waals surface area contributed by atoms with Gasteiger partial charge in [0.2, 0.25) is 0 Å². The molecule has 3 aromatic rings. The molecule has 0 atom stereocenters. The second kappa shape index (κ2) is 11.0. The van der Waals surface area contributed by atoms with Crippen molar-refractivity contribution < 1.29 is 9.47 Å². The Kier molecular flexibility index (Phi) is 7.90. The lowest BCUT2D eigenvalue weighted by Gasteiger charge is -2.09. The summed E-state index contributed by atoms with van der Waals surface area (Å²) in [7, 11) is 1.62. The number of rotatable bonds is 8. The summed E-state index contributed by atoms with van der Waals surface area (Å²) in [5.74, 6) is 2.27. The van der Waals surface area contributed by atoms with Gasteiger partial charge in [0.1, 0.15) is 34.7 Å². The summed E-state index contributed by atoms with van der Waals surface area (Å²) < 4.78 is 12.0. The highest BCUT2D eigenvalue weighted by atomic mass is 79.9. The average Bonchev–Trinajstić information content (AvgIpc) is 2.82. The molecule has 32 heavy (non-hydrogen) atoms. The fourth-order valence-electron chi connectivity index (χ4n) is 2.97. The molecule has 0 aliphatic heterocycles. The Bertz CT molecular complexity index is 1170. The number of methoxy groups -OCH3 is 1. The van der Waals surface area contributed by atoms with Gasteiger partial charge in [-0.1, -0.05) is 34.1 Å². The number of nitrogens with two attached hydrogens (primary N) is 2. The van der Waals surface area contributed by atoms with E-state index in [0.29, 0.717) is 24.3 Å². The Labute approximate surface area is 195 Å². The van der Waals surface area contributed by atoms with Gasteiger partial charge < -0.3 is 20.9 Å². The van der Waals surface area contributed by atoms with Crippen molar-refractivity contribution in [2.24, 2.45) is 16.5 Å². The van der Waals surface area contributed by atoms with Crippen LogP contribution >= 0.6 is 15.9 Å². The van der Waals surface area contributed by atoms with E-state index < -0.39 is 0 Å². The highest BCUT2D eigenvalue weighted by molar-refractivity contribution is 9.10. The molecule has 0 saturated carbocycles. The van der Waals surface area contributed by atoms with Crippen molar-refractivity contribution in [2.75, 3.05) is 13.7 Å². The molecule has 4 N–H and O–H groups in total. The third kappa shape index (κ3) is 5.90. The number of halogens is 1. The summed E-state index contributed by atoms with van der Waals surface area (Å²) in [4.78, 5) is 4.35. The van der Waals surface area contributed by atoms with E-state index in [-0.39, 0.29) is 17.1 Å². The number of aliphatic imine (C=N–C) groups is 1. The van der Waals surface area contributed by atoms with Crippen molar-refractivity contribution in [1.29, 1.82) is 5.26 Å². The molecule has 0 aromatic heterocycles. The normalized spacial score (nSPS) is 12.0. The second-order valence-electron chi connectivity index (χ2n) is 6.81. The second-order valence-corrected chi connectivity index (χ2v) is 7.67. The maximum atomic E-state index is 9.61. The van der Waals surface area contributed by atoms with Crippen molar-refractivity contribution in [3.8, 4) is 23.3 Å². The van der Waals surface area contributed by atoms with Crippen molar-refractivity contribution >= 4 is 27.5 Å². The first-order chi connectivity index (χ1) is 15.5. The predicted molar refractivity (Wildman–Crippen MR) is 131 cm³/mol. The minimum atomic E-state index is 0.105. The molecule has 162 valence electrons. The number of ether oxygens (including phenoxy) is 2. The molecule has 0 saturated heterocycles. The Morgan fingerprint density at radius 2 is 1.62 bits per heavy atom. The summed E-state index contributed by atoms with van der Waals surface area (Å²) in [6.07, 6.45) is 0.628. The Hall–Kier alpha value is -3.76. The number of hydrogen-bond acceptors (Lipinski definition) is 5. The number of nitriles is 1. The van der Waals surface area contributed by atoms with E-state index in [2.05, 4.69) is 27.0 Å². The first-order valence-corrected chi connectivity index (χ1v) is 10.7. The van der Waals surface area contributed by atoms with Crippen LogP contribution < -0.4 is 20.9 Å². The zero-order valence-corrected chi connectivity index (χ0v) is 19.2. The van der Waals surface area contributed by atoms with E-state index >= 15 is 0 Å². The van der Waals surface area contributed by atoms with Gasteiger partial charge in [-0.25, -0.2) is 0 Å². The summed E-state index contributed by atoms with van der Waals surface area (Å²) in [6.45, 7) is 0.403. The Morgan fingerprint density at radius 3 is 2.28 bits per heavy atom. The molecule has 0 amide bonds. The van der Waals surface area contributed by atoms with Gasteiger partial charge in [0.25, 0.3) is 0 Å². The summed E-state index contributed by atoms with van der Waals surface area (Å²) in [5.41, 5.74) is 14.4. The quantitative estimate of drug-likeness (QED) is 0.261. The van der Waals surface area contributed by atoms with Gasteiger partial charge in [-0.15, -0.1) is 0 Å². The van der Waals surface area contributed by atoms with Crippen LogP contribution in [-0.4, -0.2) is 19.5 Å². The lowest BCUT2D eigenvalue weighted by molar-refractivity contribution is 0.414. The Balaban J connectivity index is 1.72. The van der Waals surface area contributed by atoms with Crippen LogP contribution in [0.5, 0.6) is 17.2 Å². The summed E-state index contributed by atoms with van der Waals surface area (Å²) in [5, 5.41) is 9.61. The minimum Gasteiger partial charge on any atom is -0.497 e. The highest BCUT2D eigenvalue weighted by Gasteiger charge is 2.11. The van der Waals surface area contributed by atoms with Crippen LogP contribution in [-0.2, 0) is 6.42 Å². The fourth-order valence-corrected chi connectivity index (χ4v) is 3.42. The molecule has 0 unspecified atom stereocenters. The lowest BCUT2D eigenvalue weighted by atomic mass is 10.1. The van der Waals surface area contributed by atoms with E-state index in [1.54, 1.807) is 31.4 Å². The van der Waals surface area contributed by atoms with Crippen LogP contribution in [0.1, 0.15) is 11.1 Å². The maximum absolute atomic E-state index is 9.61. The molecule has 3 aromatic carbocycles. The van der Waals surface area contributed by atoms with Gasteiger partial charge in [0.15, 0.2) is 0 Å². The van der Waals surface area contributed by atoms with Crippen LogP contribution in [0, 0.1) is 11.3 Å². The van der Waals surface area contributed by atoms with E-state index in [1.165, 1.54) is 0 Å². The highest BCUT2D eigenvalue weighted by Crippen LogP contribution is 2.24. The van der Waals surface area contributed by atoms with Crippen molar-refractivity contribution in [2.45, 2.75) is 6.42 Å². The zero-order chi connectivity index (χ0) is 22.9. The van der Waals surface area contributed by atoms with Gasteiger partial charge in [-0.2, -0.15) is 5.26 Å². The van der Waals surface area contributed by atoms with E-state index in [4.69, 9.17) is 20.9 Å². The van der Waals surface area contributed by atoms with Crippen molar-refractivity contribution in [3.63, 3.8) is 0 Å². The van der Waals surface area contributed by atoms with Crippen LogP contribution in [0.4, 0.5) is 0 Å². The smallest absolute Gasteiger partial charge is 0.138 e. The predicted octanol–water partition coefficient (Wildman–Crippen LogP) is 5.04. The standard InChI is InChI=1S/C25H23BrN4O2/c1-31-21-11-12-23(26)18(15-21)13-14-30-25(29)22(16-27)24(28)17-7-9-20(10-8-17)32-19-5-3-2-4-6-19/h2-12,15H,13-14,28H2,1H3,(H2,29,30). The topological polar surface area (TPSA) is 107 Å². The monoisotopic (exact) mass is 490 g/mol. The van der Waals surface area contributed by atoms with Crippen molar-refractivity contribution in [3.05, 3.63) is 94.0 Å². The first-order valence-electron chi connectivity index (χ1n) is 9.87. The van der Waals surface area contributed by atoms with Crippen LogP contribution in [0.25, 0.3) is 5.70 Å². The third-order valence-corrected chi connectivity index (χ3v) is 5.47.